The van der Waals surface area contributed by atoms with Gasteiger partial charge in [-0.25, -0.2) is 4.39 Å². The molecule has 0 aliphatic heterocycles. The van der Waals surface area contributed by atoms with Crippen LogP contribution in [0.2, 0.25) is 0 Å². The lowest BCUT2D eigenvalue weighted by Crippen LogP contribution is -1.96. The smallest absolute Gasteiger partial charge is 0.123 e. The lowest BCUT2D eigenvalue weighted by Gasteiger charge is -2.11. The van der Waals surface area contributed by atoms with Crippen LogP contribution < -0.4 is 0 Å². The van der Waals surface area contributed by atoms with Crippen LogP contribution in [-0.2, 0) is 6.42 Å². The molecule has 0 N–H and O–H groups in total. The molecule has 3 aromatic carbocycles. The number of halogens is 2. The van der Waals surface area contributed by atoms with Gasteiger partial charge in [0.25, 0.3) is 0 Å². The summed E-state index contributed by atoms with van der Waals surface area (Å²) in [5, 5.41) is 2.47. The fourth-order valence-electron chi connectivity index (χ4n) is 2.39. The van der Waals surface area contributed by atoms with E-state index in [1.54, 1.807) is 12.1 Å². The fraction of sp³-hybridized carbons (Fsp3) is 0.111. The van der Waals surface area contributed by atoms with Crippen molar-refractivity contribution in [2.45, 2.75) is 11.2 Å². The van der Waals surface area contributed by atoms with Crippen LogP contribution in [0.25, 0.3) is 10.8 Å². The SMILES string of the molecule is Fc1cccc(CC(Br)c2ccc3ccccc3c2)c1. The highest BCUT2D eigenvalue weighted by Gasteiger charge is 2.09. The maximum atomic E-state index is 13.2. The van der Waals surface area contributed by atoms with Gasteiger partial charge in [0, 0.05) is 4.83 Å². The predicted octanol–water partition coefficient (Wildman–Crippen LogP) is 5.66. The molecule has 0 aliphatic carbocycles. The maximum Gasteiger partial charge on any atom is 0.123 e. The molecule has 3 aromatic rings. The molecule has 20 heavy (non-hydrogen) atoms. The standard InChI is InChI=1S/C18H14BrF/c19-18(11-13-4-3-7-17(20)10-13)16-9-8-14-5-1-2-6-15(14)12-16/h1-10,12,18H,11H2. The Bertz CT molecular complexity index is 736. The van der Waals surface area contributed by atoms with Crippen molar-refractivity contribution in [2.75, 3.05) is 0 Å². The number of alkyl halides is 1. The van der Waals surface area contributed by atoms with E-state index >= 15 is 0 Å². The van der Waals surface area contributed by atoms with E-state index in [0.29, 0.717) is 0 Å². The van der Waals surface area contributed by atoms with Crippen molar-refractivity contribution in [3.8, 4) is 0 Å². The lowest BCUT2D eigenvalue weighted by atomic mass is 10.0. The normalized spacial score (nSPS) is 12.5. The van der Waals surface area contributed by atoms with Crippen molar-refractivity contribution in [1.29, 1.82) is 0 Å². The molecular formula is C18H14BrF. The van der Waals surface area contributed by atoms with Crippen LogP contribution in [0.4, 0.5) is 4.39 Å². The zero-order chi connectivity index (χ0) is 13.9. The number of fused-ring (bicyclic) bond motifs is 1. The minimum atomic E-state index is -0.180. The molecule has 0 saturated carbocycles. The van der Waals surface area contributed by atoms with E-state index in [4.69, 9.17) is 0 Å². The van der Waals surface area contributed by atoms with Gasteiger partial charge < -0.3 is 0 Å². The van der Waals surface area contributed by atoms with E-state index < -0.39 is 0 Å². The lowest BCUT2D eigenvalue weighted by molar-refractivity contribution is 0.625. The van der Waals surface area contributed by atoms with E-state index in [9.17, 15) is 4.39 Å². The van der Waals surface area contributed by atoms with Gasteiger partial charge in [-0.15, -0.1) is 0 Å². The first-order valence-corrected chi connectivity index (χ1v) is 7.51. The monoisotopic (exact) mass is 328 g/mol. The van der Waals surface area contributed by atoms with Gasteiger partial charge in [0.05, 0.1) is 0 Å². The van der Waals surface area contributed by atoms with Gasteiger partial charge in [-0.2, -0.15) is 0 Å². The molecule has 0 heterocycles. The van der Waals surface area contributed by atoms with Crippen molar-refractivity contribution >= 4 is 26.7 Å². The van der Waals surface area contributed by atoms with Gasteiger partial charge in [-0.3, -0.25) is 0 Å². The zero-order valence-corrected chi connectivity index (χ0v) is 12.5. The van der Waals surface area contributed by atoms with Crippen LogP contribution in [-0.4, -0.2) is 0 Å². The first-order chi connectivity index (χ1) is 9.72. The Balaban J connectivity index is 1.86. The van der Waals surface area contributed by atoms with Crippen LogP contribution in [0.3, 0.4) is 0 Å². The summed E-state index contributed by atoms with van der Waals surface area (Å²) in [6.07, 6.45) is 0.774. The Morgan fingerprint density at radius 3 is 2.45 bits per heavy atom. The van der Waals surface area contributed by atoms with Crippen LogP contribution in [0.15, 0.2) is 66.7 Å². The second-order valence-corrected chi connectivity index (χ2v) is 6.01. The van der Waals surface area contributed by atoms with E-state index in [1.807, 2.05) is 18.2 Å². The molecular weight excluding hydrogens is 315 g/mol. The molecule has 0 amide bonds. The maximum absolute atomic E-state index is 13.2. The minimum Gasteiger partial charge on any atom is -0.207 e. The molecule has 3 rings (SSSR count). The molecule has 0 aromatic heterocycles. The highest BCUT2D eigenvalue weighted by atomic mass is 79.9. The van der Waals surface area contributed by atoms with Crippen molar-refractivity contribution < 1.29 is 4.39 Å². The minimum absolute atomic E-state index is 0.180. The molecule has 2 heteroatoms. The predicted molar refractivity (Wildman–Crippen MR) is 85.7 cm³/mol. The highest BCUT2D eigenvalue weighted by Crippen LogP contribution is 2.29. The second-order valence-electron chi connectivity index (χ2n) is 4.91. The average molecular weight is 329 g/mol. The summed E-state index contributed by atoms with van der Waals surface area (Å²) in [5.74, 6) is -0.180. The number of benzene rings is 3. The number of rotatable bonds is 3. The Morgan fingerprint density at radius 1 is 0.850 bits per heavy atom. The molecule has 0 saturated heterocycles. The third-order valence-corrected chi connectivity index (χ3v) is 4.29. The van der Waals surface area contributed by atoms with Crippen LogP contribution in [0.1, 0.15) is 16.0 Å². The number of hydrogen-bond acceptors (Lipinski definition) is 0. The van der Waals surface area contributed by atoms with Gasteiger partial charge in [-0.1, -0.05) is 70.5 Å². The average Bonchev–Trinajstić information content (AvgIpc) is 2.47. The summed E-state index contributed by atoms with van der Waals surface area (Å²) >= 11 is 3.71. The van der Waals surface area contributed by atoms with Crippen LogP contribution in [0, 0.1) is 5.82 Å². The Kier molecular flexibility index (Phi) is 3.83. The molecule has 100 valence electrons. The molecule has 1 atom stereocenters. The van der Waals surface area contributed by atoms with Gasteiger partial charge in [0.2, 0.25) is 0 Å². The Morgan fingerprint density at radius 2 is 1.65 bits per heavy atom. The zero-order valence-electron chi connectivity index (χ0n) is 10.9. The molecule has 0 nitrogen and oxygen atoms in total. The van der Waals surface area contributed by atoms with Crippen molar-refractivity contribution in [3.05, 3.63) is 83.7 Å². The van der Waals surface area contributed by atoms with Crippen molar-refractivity contribution in [3.63, 3.8) is 0 Å². The molecule has 1 unspecified atom stereocenters. The summed E-state index contributed by atoms with van der Waals surface area (Å²) in [7, 11) is 0. The van der Waals surface area contributed by atoms with Crippen LogP contribution in [0.5, 0.6) is 0 Å². The van der Waals surface area contributed by atoms with Crippen molar-refractivity contribution in [2.24, 2.45) is 0 Å². The van der Waals surface area contributed by atoms with Gasteiger partial charge in [0.1, 0.15) is 5.82 Å². The summed E-state index contributed by atoms with van der Waals surface area (Å²) in [6, 6.07) is 21.5. The summed E-state index contributed by atoms with van der Waals surface area (Å²) in [6.45, 7) is 0. The molecule has 0 spiro atoms. The van der Waals surface area contributed by atoms with E-state index in [-0.39, 0.29) is 10.6 Å². The van der Waals surface area contributed by atoms with Gasteiger partial charge in [-0.05, 0) is 40.5 Å². The van der Waals surface area contributed by atoms with Gasteiger partial charge >= 0.3 is 0 Å². The molecule has 0 radical (unpaired) electrons. The quantitative estimate of drug-likeness (QED) is 0.544. The summed E-state index contributed by atoms with van der Waals surface area (Å²) < 4.78 is 13.2. The Labute approximate surface area is 126 Å². The summed E-state index contributed by atoms with van der Waals surface area (Å²) in [5.41, 5.74) is 2.22. The summed E-state index contributed by atoms with van der Waals surface area (Å²) in [4.78, 5) is 0.189. The van der Waals surface area contributed by atoms with Crippen LogP contribution >= 0.6 is 15.9 Å². The largest absolute Gasteiger partial charge is 0.207 e. The van der Waals surface area contributed by atoms with E-state index in [1.165, 1.54) is 22.4 Å². The molecule has 0 aliphatic rings. The second kappa shape index (κ2) is 5.76. The fourth-order valence-corrected chi connectivity index (χ4v) is 3.05. The van der Waals surface area contributed by atoms with Gasteiger partial charge in [0.15, 0.2) is 0 Å². The Hall–Kier alpha value is -1.67. The third kappa shape index (κ3) is 2.91. The van der Waals surface area contributed by atoms with E-state index in [0.717, 1.165) is 12.0 Å². The number of hydrogen-bond donors (Lipinski definition) is 0. The highest BCUT2D eigenvalue weighted by molar-refractivity contribution is 9.09. The van der Waals surface area contributed by atoms with Crippen molar-refractivity contribution in [1.82, 2.24) is 0 Å². The molecule has 0 bridgehead atoms. The first kappa shape index (κ1) is 13.3. The molecule has 0 fully saturated rings. The third-order valence-electron chi connectivity index (χ3n) is 3.44. The topological polar surface area (TPSA) is 0 Å². The first-order valence-electron chi connectivity index (χ1n) is 6.59. The van der Waals surface area contributed by atoms with E-state index in [2.05, 4.69) is 46.3 Å².